The van der Waals surface area contributed by atoms with Crippen LogP contribution in [0.5, 0.6) is 0 Å². The van der Waals surface area contributed by atoms with Gasteiger partial charge >= 0.3 is 12.3 Å². The Kier molecular flexibility index (Phi) is 3.30. The first kappa shape index (κ1) is 14.2. The summed E-state index contributed by atoms with van der Waals surface area (Å²) in [6.45, 7) is 1.34. The molecule has 2 nitrogen and oxygen atoms in total. The second-order valence-corrected chi connectivity index (χ2v) is 6.82. The third-order valence-electron chi connectivity index (χ3n) is 2.56. The van der Waals surface area contributed by atoms with Gasteiger partial charge < -0.3 is 4.74 Å². The van der Waals surface area contributed by atoms with Crippen LogP contribution in [0.1, 0.15) is 12.5 Å². The van der Waals surface area contributed by atoms with Crippen LogP contribution in [-0.2, 0) is 9.53 Å². The Morgan fingerprint density at radius 3 is 2.42 bits per heavy atom. The summed E-state index contributed by atoms with van der Waals surface area (Å²) in [6.07, 6.45) is -5.18. The van der Waals surface area contributed by atoms with Crippen molar-refractivity contribution in [3.8, 4) is 0 Å². The highest BCUT2D eigenvalue weighted by molar-refractivity contribution is 8.51. The van der Waals surface area contributed by atoms with Gasteiger partial charge in [-0.3, -0.25) is 0 Å². The minimum absolute atomic E-state index is 0.0169. The quantitative estimate of drug-likeness (QED) is 0.555. The summed E-state index contributed by atoms with van der Waals surface area (Å²) in [5, 5.41) is 0. The molecule has 0 amide bonds. The lowest BCUT2D eigenvalue weighted by Crippen LogP contribution is -2.21. The van der Waals surface area contributed by atoms with Crippen LogP contribution in [0.2, 0.25) is 0 Å². The molecule has 1 heterocycles. The van der Waals surface area contributed by atoms with Crippen molar-refractivity contribution in [3.05, 3.63) is 34.7 Å². The van der Waals surface area contributed by atoms with Gasteiger partial charge in [0.1, 0.15) is 4.91 Å². The summed E-state index contributed by atoms with van der Waals surface area (Å²) >= 11 is 0. The second-order valence-electron chi connectivity index (χ2n) is 3.75. The van der Waals surface area contributed by atoms with E-state index in [9.17, 15) is 21.9 Å². The molecule has 0 N–H and O–H groups in total. The maximum absolute atomic E-state index is 14.5. The summed E-state index contributed by atoms with van der Waals surface area (Å²) < 4.78 is 53.9. The molecule has 0 saturated carbocycles. The van der Waals surface area contributed by atoms with Crippen molar-refractivity contribution in [2.24, 2.45) is 0 Å². The van der Waals surface area contributed by atoms with E-state index in [1.54, 1.807) is 6.07 Å². The molecule has 0 bridgehead atoms. The highest BCUT2D eigenvalue weighted by atomic mass is 35.7. The Hall–Kier alpha value is -1.21. The van der Waals surface area contributed by atoms with E-state index in [1.165, 1.54) is 25.1 Å². The van der Waals surface area contributed by atoms with E-state index in [4.69, 9.17) is 10.7 Å². The maximum Gasteiger partial charge on any atom is 0.575 e. The Morgan fingerprint density at radius 2 is 1.89 bits per heavy atom. The van der Waals surface area contributed by atoms with Crippen molar-refractivity contribution in [1.82, 2.24) is 0 Å². The Balaban J connectivity index is 2.48. The van der Waals surface area contributed by atoms with E-state index < -0.39 is 26.9 Å². The predicted octanol–water partition coefficient (Wildman–Crippen LogP) is 4.70. The largest absolute Gasteiger partial charge is 0.575 e. The lowest BCUT2D eigenvalue weighted by atomic mass is 10.1. The van der Waals surface area contributed by atoms with Crippen molar-refractivity contribution in [3.63, 3.8) is 0 Å². The summed E-state index contributed by atoms with van der Waals surface area (Å²) in [6, 6.07) is 5.90. The fraction of sp³-hybridized carbons (Fsp3) is 0.182. The van der Waals surface area contributed by atoms with Crippen LogP contribution in [0, 0.1) is 0 Å². The molecule has 0 aliphatic carbocycles. The maximum atomic E-state index is 14.5. The van der Waals surface area contributed by atoms with Crippen LogP contribution in [0.15, 0.2) is 34.1 Å². The number of carbonyl (C=O) groups excluding carboxylic acids is 1. The minimum atomic E-state index is -5.18. The van der Waals surface area contributed by atoms with E-state index in [0.29, 0.717) is 5.56 Å². The molecule has 0 spiro atoms. The van der Waals surface area contributed by atoms with E-state index in [0.717, 1.165) is 0 Å². The molecular formula is C11H7ClF4O2S. The zero-order valence-corrected chi connectivity index (χ0v) is 11.0. The monoisotopic (exact) mass is 314 g/mol. The number of halogens is 5. The molecule has 0 fully saturated rings. The van der Waals surface area contributed by atoms with Crippen LogP contribution in [0.25, 0.3) is 5.57 Å². The van der Waals surface area contributed by atoms with Gasteiger partial charge in [-0.05, 0) is 34.8 Å². The lowest BCUT2D eigenvalue weighted by molar-refractivity contribution is -0.303. The molecular weight excluding hydrogens is 308 g/mol. The predicted molar refractivity (Wildman–Crippen MR) is 64.0 cm³/mol. The lowest BCUT2D eigenvalue weighted by Gasteiger charge is -2.21. The topological polar surface area (TPSA) is 26.3 Å². The summed E-state index contributed by atoms with van der Waals surface area (Å²) in [7, 11) is 1.88. The van der Waals surface area contributed by atoms with Gasteiger partial charge in [0, 0.05) is 4.90 Å². The number of hydrogen-bond donors (Lipinski definition) is 0. The molecule has 1 aliphatic rings. The zero-order valence-electron chi connectivity index (χ0n) is 9.42. The van der Waals surface area contributed by atoms with E-state index in [-0.39, 0.29) is 10.5 Å². The van der Waals surface area contributed by atoms with Crippen molar-refractivity contribution in [1.29, 1.82) is 0 Å². The van der Waals surface area contributed by atoms with E-state index >= 15 is 0 Å². The average molecular weight is 315 g/mol. The number of carbonyl (C=O) groups is 1. The first-order chi connectivity index (χ1) is 8.64. The molecule has 8 heteroatoms. The number of hydrogen-bond acceptors (Lipinski definition) is 2. The van der Waals surface area contributed by atoms with E-state index in [1.807, 2.05) is 0 Å². The van der Waals surface area contributed by atoms with Gasteiger partial charge in [0.15, 0.2) is 0 Å². The Bertz CT molecular complexity index is 580. The van der Waals surface area contributed by atoms with Crippen molar-refractivity contribution in [2.75, 3.05) is 0 Å². The van der Waals surface area contributed by atoms with Crippen LogP contribution in [-0.4, -0.2) is 12.3 Å². The van der Waals surface area contributed by atoms with Gasteiger partial charge in [0.25, 0.3) is 0 Å². The average Bonchev–Trinajstić information content (AvgIpc) is 2.45. The molecule has 0 aromatic heterocycles. The first-order valence-corrected chi connectivity index (χ1v) is 7.33. The highest BCUT2D eigenvalue weighted by Crippen LogP contribution is 2.74. The third kappa shape index (κ3) is 2.44. The normalized spacial score (nSPS) is 25.8. The van der Waals surface area contributed by atoms with E-state index in [2.05, 4.69) is 4.74 Å². The molecule has 1 aliphatic heterocycles. The number of allylic oxidation sites excluding steroid dienone is 1. The standard InChI is InChI=1S/C11H7ClF4O2S/c1-6-7-4-2-3-5-8(7)19(12,16)9(6)10(17)18-11(13,14)15/h2-5H,1H3. The smallest absolute Gasteiger partial charge is 0.369 e. The number of rotatable bonds is 1. The van der Waals surface area contributed by atoms with Crippen molar-refractivity contribution in [2.45, 2.75) is 18.2 Å². The molecule has 1 atom stereocenters. The molecule has 104 valence electrons. The van der Waals surface area contributed by atoms with Gasteiger partial charge in [-0.1, -0.05) is 18.2 Å². The Labute approximate surface area is 112 Å². The number of alkyl halides is 3. The SMILES string of the molecule is CC1=C(C(=O)OC(F)(F)F)S(F)(Cl)c2ccccc21. The van der Waals surface area contributed by atoms with Crippen molar-refractivity contribution >= 4 is 31.9 Å². The molecule has 1 unspecified atom stereocenters. The van der Waals surface area contributed by atoms with Crippen LogP contribution < -0.4 is 0 Å². The number of fused-ring (bicyclic) bond motifs is 1. The second kappa shape index (κ2) is 4.42. The number of ether oxygens (including phenoxy) is 1. The van der Waals surface area contributed by atoms with Crippen LogP contribution >= 0.6 is 20.3 Å². The molecule has 1 aromatic carbocycles. The van der Waals surface area contributed by atoms with Gasteiger partial charge in [0.05, 0.1) is 9.63 Å². The summed E-state index contributed by atoms with van der Waals surface area (Å²) in [5.41, 5.74) is 0.390. The fourth-order valence-electron chi connectivity index (χ4n) is 1.83. The summed E-state index contributed by atoms with van der Waals surface area (Å²) in [5.74, 6) is -1.80. The van der Waals surface area contributed by atoms with Crippen molar-refractivity contribution < 1.29 is 26.6 Å². The minimum Gasteiger partial charge on any atom is -0.369 e. The molecule has 2 rings (SSSR count). The third-order valence-corrected chi connectivity index (χ3v) is 5.41. The van der Waals surface area contributed by atoms with Crippen LogP contribution in [0.4, 0.5) is 17.1 Å². The first-order valence-electron chi connectivity index (χ1n) is 4.97. The summed E-state index contributed by atoms with van der Waals surface area (Å²) in [4.78, 5) is 10.7. The van der Waals surface area contributed by atoms with Gasteiger partial charge in [0.2, 0.25) is 0 Å². The molecule has 1 aromatic rings. The van der Waals surface area contributed by atoms with Gasteiger partial charge in [-0.15, -0.1) is 13.2 Å². The molecule has 0 saturated heterocycles. The number of esters is 1. The highest BCUT2D eigenvalue weighted by Gasteiger charge is 2.46. The van der Waals surface area contributed by atoms with Gasteiger partial charge in [-0.25, -0.2) is 4.79 Å². The van der Waals surface area contributed by atoms with Crippen LogP contribution in [0.3, 0.4) is 0 Å². The Morgan fingerprint density at radius 1 is 1.32 bits per heavy atom. The molecule has 0 radical (unpaired) electrons. The van der Waals surface area contributed by atoms with Gasteiger partial charge in [-0.2, -0.15) is 3.89 Å². The zero-order chi connectivity index (χ0) is 14.4. The molecule has 19 heavy (non-hydrogen) atoms. The number of benzene rings is 1. The fourth-order valence-corrected chi connectivity index (χ4v) is 4.49.